The van der Waals surface area contributed by atoms with Crippen molar-refractivity contribution in [3.8, 4) is 0 Å². The van der Waals surface area contributed by atoms with Crippen LogP contribution in [0, 0.1) is 17.8 Å². The molecule has 0 aliphatic carbocycles. The number of aromatic nitrogens is 5. The molecule has 464 valence electrons. The summed E-state index contributed by atoms with van der Waals surface area (Å²) in [6.07, 6.45) is 19.5. The number of rotatable bonds is 12. The molecule has 2 atom stereocenters. The van der Waals surface area contributed by atoms with Gasteiger partial charge in [-0.3, -0.25) is 0 Å². The Morgan fingerprint density at radius 2 is 0.774 bits per heavy atom. The van der Waals surface area contributed by atoms with Crippen molar-refractivity contribution < 1.29 is 13.6 Å². The summed E-state index contributed by atoms with van der Waals surface area (Å²) < 4.78 is 18.1. The first-order valence-corrected chi connectivity index (χ1v) is 36.8. The Morgan fingerprint density at radius 1 is 0.452 bits per heavy atom. The van der Waals surface area contributed by atoms with E-state index in [2.05, 4.69) is 143 Å². The number of nitrogen functional groups attached to an aromatic ring is 5. The van der Waals surface area contributed by atoms with Crippen LogP contribution in [0.1, 0.15) is 107 Å². The molecule has 0 spiro atoms. The van der Waals surface area contributed by atoms with Gasteiger partial charge < -0.3 is 66.8 Å². The van der Waals surface area contributed by atoms with Crippen molar-refractivity contribution in [2.45, 2.75) is 149 Å². The minimum absolute atomic E-state index is 0.283. The van der Waals surface area contributed by atoms with E-state index in [4.69, 9.17) is 42.3 Å². The summed E-state index contributed by atoms with van der Waals surface area (Å²) in [5, 5.41) is 0.594. The van der Waals surface area contributed by atoms with Gasteiger partial charge in [0.25, 0.3) is 0 Å². The summed E-state index contributed by atoms with van der Waals surface area (Å²) in [5.41, 5.74) is 33.7. The molecule has 0 saturated carbocycles. The van der Waals surface area contributed by atoms with Crippen LogP contribution >= 0.6 is 0 Å². The fourth-order valence-electron chi connectivity index (χ4n) is 10.3. The molecule has 10 N–H and O–H groups in total. The number of ether oxygens (including phenoxy) is 1. The minimum Gasteiger partial charge on any atom is -0.417 e. The van der Waals surface area contributed by atoms with E-state index in [0.717, 1.165) is 127 Å². The second-order valence-corrected chi connectivity index (χ2v) is 36.3. The van der Waals surface area contributed by atoms with Crippen LogP contribution < -0.4 is 53.2 Å². The monoisotopic (exact) mass is 1190 g/mol. The molecule has 0 aromatic carbocycles. The first kappa shape index (κ1) is 67.2. The topological polar surface area (TPSA) is 238 Å². The van der Waals surface area contributed by atoms with Crippen molar-refractivity contribution in [3.05, 3.63) is 91.6 Å². The number of morpholine rings is 1. The molecule has 5 aromatic rings. The molecular weight excluding hydrogens is 1080 g/mol. The first-order chi connectivity index (χ1) is 39.7. The molecule has 18 nitrogen and oxygen atoms in total. The maximum Gasteiger partial charge on any atom is 0.192 e. The molecule has 5 fully saturated rings. The lowest BCUT2D eigenvalue weighted by Crippen LogP contribution is -2.47. The van der Waals surface area contributed by atoms with Gasteiger partial charge in [0.05, 0.1) is 72.6 Å². The molecule has 5 aliphatic rings. The highest BCUT2D eigenvalue weighted by molar-refractivity contribution is 6.74. The number of hydrogen-bond acceptors (Lipinski definition) is 18. The van der Waals surface area contributed by atoms with Crippen molar-refractivity contribution in [2.24, 2.45) is 17.8 Å². The van der Waals surface area contributed by atoms with Gasteiger partial charge in [-0.2, -0.15) is 0 Å². The zero-order valence-electron chi connectivity index (χ0n) is 53.4. The highest BCUT2D eigenvalue weighted by Gasteiger charge is 2.40. The second kappa shape index (κ2) is 31.5. The Balaban J connectivity index is 0.000000173. The van der Waals surface area contributed by atoms with E-state index < -0.39 is 16.6 Å². The molecule has 5 saturated heterocycles. The van der Waals surface area contributed by atoms with Gasteiger partial charge in [0.15, 0.2) is 16.6 Å². The Morgan fingerprint density at radius 3 is 1.08 bits per heavy atom. The predicted molar refractivity (Wildman–Crippen MR) is 359 cm³/mol. The normalized spacial score (nSPS) is 19.0. The molecule has 84 heavy (non-hydrogen) atoms. The standard InChI is InChI=1S/C19H35N3OSi.C16H29N3OSi.2C10H15N3.C9H13N3O/c1-19(2,3)24(4,5)23-14-6-7-16-10-12-22(13-11-16)17-8-9-18(20)21-15-17;1-16(2,3)21(4,5)20-14-8-10-19(11-9-14)13-6-7-15(17)18-12-13;2*1-8-4-5-13(7-8)9-2-3-10(11)12-6-9;10-9-2-1-8(7-11-9)12-3-5-13-6-4-12/h8-9,15-16H,6-7,10-14H2,1-5H3,(H2,20,21);6-7,12,14H,8-11H2,1-5H3,(H2,17,18);2*2-3,6,8H,4-5,7H2,1H3,(H2,11,12);1-2,7H,3-6H2,(H2,10,11). The van der Waals surface area contributed by atoms with Gasteiger partial charge in [-0.25, -0.2) is 24.9 Å². The molecule has 2 unspecified atom stereocenters. The van der Waals surface area contributed by atoms with Gasteiger partial charge in [0, 0.05) is 78.2 Å². The van der Waals surface area contributed by atoms with E-state index in [-0.39, 0.29) is 5.04 Å². The zero-order valence-corrected chi connectivity index (χ0v) is 55.4. The maximum atomic E-state index is 6.52. The number of piperidine rings is 2. The Labute approximate surface area is 507 Å². The van der Waals surface area contributed by atoms with Gasteiger partial charge >= 0.3 is 0 Å². The van der Waals surface area contributed by atoms with Crippen molar-refractivity contribution in [1.29, 1.82) is 0 Å². The summed E-state index contributed by atoms with van der Waals surface area (Å²) >= 11 is 0. The maximum absolute atomic E-state index is 6.52. The van der Waals surface area contributed by atoms with Crippen LogP contribution in [0.5, 0.6) is 0 Å². The van der Waals surface area contributed by atoms with E-state index in [0.29, 0.717) is 40.2 Å². The molecule has 0 bridgehead atoms. The van der Waals surface area contributed by atoms with Crippen molar-refractivity contribution >= 4 is 74.2 Å². The summed E-state index contributed by atoms with van der Waals surface area (Å²) in [6, 6.07) is 19.5. The molecule has 5 aliphatic heterocycles. The van der Waals surface area contributed by atoms with Gasteiger partial charge in [-0.1, -0.05) is 55.4 Å². The number of nitrogens with zero attached hydrogens (tertiary/aromatic N) is 10. The lowest BCUT2D eigenvalue weighted by molar-refractivity contribution is 0.122. The third kappa shape index (κ3) is 21.5. The van der Waals surface area contributed by atoms with Crippen LogP contribution in [0.4, 0.5) is 57.5 Å². The molecule has 0 radical (unpaired) electrons. The van der Waals surface area contributed by atoms with Crippen LogP contribution in [0.3, 0.4) is 0 Å². The molecule has 10 rings (SSSR count). The van der Waals surface area contributed by atoms with Gasteiger partial charge in [0.2, 0.25) is 0 Å². The molecule has 5 aromatic heterocycles. The highest BCUT2D eigenvalue weighted by Crippen LogP contribution is 2.39. The van der Waals surface area contributed by atoms with Crippen molar-refractivity contribution in [1.82, 2.24) is 24.9 Å². The van der Waals surface area contributed by atoms with Crippen molar-refractivity contribution in [2.75, 3.05) is 138 Å². The van der Waals surface area contributed by atoms with E-state index in [1.807, 2.05) is 73.3 Å². The van der Waals surface area contributed by atoms with Crippen molar-refractivity contribution in [3.63, 3.8) is 0 Å². The third-order valence-corrected chi connectivity index (χ3v) is 27.0. The number of nitrogens with two attached hydrogens (primary N) is 5. The first-order valence-electron chi connectivity index (χ1n) is 31.0. The predicted octanol–water partition coefficient (Wildman–Crippen LogP) is 11.9. The Bertz CT molecular complexity index is 2510. The van der Waals surface area contributed by atoms with E-state index in [1.165, 1.54) is 55.6 Å². The second-order valence-electron chi connectivity index (χ2n) is 26.7. The lowest BCUT2D eigenvalue weighted by atomic mass is 9.92. The van der Waals surface area contributed by atoms with Crippen LogP contribution in [0.2, 0.25) is 36.3 Å². The van der Waals surface area contributed by atoms with Gasteiger partial charge in [-0.05, 0) is 166 Å². The summed E-state index contributed by atoms with van der Waals surface area (Å²) in [4.78, 5) is 32.4. The SMILES string of the molecule is CC(C)(C)[Si](C)(C)OC1CCN(c2ccc(N)nc2)CC1.CC(C)(C)[Si](C)(C)OCCCC1CCN(c2ccc(N)nc2)CC1.CC1CCN(c2ccc(N)nc2)C1.CC1CCN(c2ccc(N)nc2)C1.Nc1ccc(N2CCOCC2)cn1. The fourth-order valence-corrected chi connectivity index (χ4v) is 12.8. The molecule has 20 heteroatoms. The number of hydrogen-bond donors (Lipinski definition) is 5. The summed E-state index contributed by atoms with van der Waals surface area (Å²) in [7, 11) is -3.23. The quantitative estimate of drug-likeness (QED) is 0.0576. The third-order valence-electron chi connectivity index (χ3n) is 17.9. The lowest BCUT2D eigenvalue weighted by Gasteiger charge is -2.42. The highest BCUT2D eigenvalue weighted by atomic mass is 28.4. The average Bonchev–Trinajstić information content (AvgIpc) is 4.26. The van der Waals surface area contributed by atoms with Crippen LogP contribution in [0.25, 0.3) is 0 Å². The van der Waals surface area contributed by atoms with Gasteiger partial charge in [0.1, 0.15) is 29.1 Å². The average molecular weight is 1190 g/mol. The van der Waals surface area contributed by atoms with E-state index in [9.17, 15) is 0 Å². The van der Waals surface area contributed by atoms with Crippen LogP contribution in [-0.4, -0.2) is 133 Å². The number of anilines is 10. The Kier molecular flexibility index (Phi) is 25.2. The summed E-state index contributed by atoms with van der Waals surface area (Å²) in [5.74, 6) is 5.37. The number of pyridine rings is 5. The molecular formula is C64H107N15O3Si2. The van der Waals surface area contributed by atoms with Crippen LogP contribution in [0.15, 0.2) is 91.6 Å². The molecule has 0 amide bonds. The van der Waals surface area contributed by atoms with E-state index in [1.54, 1.807) is 6.20 Å². The van der Waals surface area contributed by atoms with Crippen LogP contribution in [-0.2, 0) is 13.6 Å². The zero-order chi connectivity index (χ0) is 61.1. The fraction of sp³-hybridized carbons (Fsp3) is 0.609. The van der Waals surface area contributed by atoms with Gasteiger partial charge in [-0.15, -0.1) is 0 Å². The smallest absolute Gasteiger partial charge is 0.192 e. The molecule has 10 heterocycles. The summed E-state index contributed by atoms with van der Waals surface area (Å²) in [6.45, 7) is 41.0. The largest absolute Gasteiger partial charge is 0.417 e. The Hall–Kier alpha value is -5.94. The minimum atomic E-state index is -1.65. The van der Waals surface area contributed by atoms with E-state index >= 15 is 0 Å².